The molecule has 4 heterocycles. The zero-order valence-corrected chi connectivity index (χ0v) is 19.9. The molecule has 2 aliphatic rings. The van der Waals surface area contributed by atoms with E-state index in [2.05, 4.69) is 26.0 Å². The van der Waals surface area contributed by atoms with Crippen molar-refractivity contribution in [2.75, 3.05) is 26.2 Å². The van der Waals surface area contributed by atoms with Gasteiger partial charge in [-0.05, 0) is 37.3 Å². The Kier molecular flexibility index (Phi) is 10.0. The number of aromatic nitrogens is 2. The Hall–Kier alpha value is -3.20. The number of aliphatic carboxylic acids is 2. The van der Waals surface area contributed by atoms with E-state index in [1.807, 2.05) is 32.3 Å². The van der Waals surface area contributed by atoms with Gasteiger partial charge < -0.3 is 14.7 Å². The Morgan fingerprint density at radius 3 is 1.76 bits per heavy atom. The number of likely N-dealkylation sites (tertiary alicyclic amines) is 2. The SMILES string of the molecule is Cc1noc(C)c1CN1CC2CN(Cc3cccnc3)CC2C1.O=C(O)C(F)(F)F.O=C(O)C(F)(F)F. The normalized spacial score (nSPS) is 19.9. The number of alkyl halides is 6. The highest BCUT2D eigenvalue weighted by Crippen LogP contribution is 2.33. The number of nitrogens with zero attached hydrogens (tertiary/aromatic N) is 4. The summed E-state index contributed by atoms with van der Waals surface area (Å²) in [6.07, 6.45) is -6.34. The first-order valence-corrected chi connectivity index (χ1v) is 10.9. The maximum Gasteiger partial charge on any atom is 0.490 e. The van der Waals surface area contributed by atoms with E-state index in [4.69, 9.17) is 24.3 Å². The molecule has 0 aromatic carbocycles. The van der Waals surface area contributed by atoms with Crippen LogP contribution in [0, 0.1) is 25.7 Å². The van der Waals surface area contributed by atoms with Crippen molar-refractivity contribution in [1.82, 2.24) is 19.9 Å². The van der Waals surface area contributed by atoms with Crippen molar-refractivity contribution >= 4 is 11.9 Å². The number of pyridine rings is 1. The van der Waals surface area contributed by atoms with Gasteiger partial charge in [-0.15, -0.1) is 0 Å². The molecule has 4 rings (SSSR count). The third-order valence-electron chi connectivity index (χ3n) is 5.81. The molecule has 15 heteroatoms. The van der Waals surface area contributed by atoms with E-state index >= 15 is 0 Å². The summed E-state index contributed by atoms with van der Waals surface area (Å²) in [5.41, 5.74) is 3.63. The molecule has 0 bridgehead atoms. The largest absolute Gasteiger partial charge is 0.490 e. The lowest BCUT2D eigenvalue weighted by Gasteiger charge is -2.21. The van der Waals surface area contributed by atoms with Gasteiger partial charge >= 0.3 is 24.3 Å². The molecule has 0 aliphatic carbocycles. The van der Waals surface area contributed by atoms with Crippen molar-refractivity contribution in [3.63, 3.8) is 0 Å². The van der Waals surface area contributed by atoms with Gasteiger partial charge in [-0.1, -0.05) is 11.2 Å². The number of carbonyl (C=O) groups is 2. The number of hydrogen-bond donors (Lipinski definition) is 2. The number of fused-ring (bicyclic) bond motifs is 1. The third-order valence-corrected chi connectivity index (χ3v) is 5.81. The van der Waals surface area contributed by atoms with Gasteiger partial charge in [0.1, 0.15) is 5.76 Å². The first-order chi connectivity index (χ1) is 17.1. The van der Waals surface area contributed by atoms with Gasteiger partial charge in [0.15, 0.2) is 0 Å². The average molecular weight is 540 g/mol. The van der Waals surface area contributed by atoms with Gasteiger partial charge in [-0.25, -0.2) is 9.59 Å². The maximum absolute atomic E-state index is 10.6. The van der Waals surface area contributed by atoms with Gasteiger partial charge in [0.25, 0.3) is 0 Å². The maximum atomic E-state index is 10.6. The minimum atomic E-state index is -5.08. The molecule has 0 spiro atoms. The monoisotopic (exact) mass is 540 g/mol. The van der Waals surface area contributed by atoms with Crippen LogP contribution in [0.3, 0.4) is 0 Å². The Morgan fingerprint density at radius 1 is 0.946 bits per heavy atom. The lowest BCUT2D eigenvalue weighted by Crippen LogP contribution is -2.28. The number of hydrogen-bond acceptors (Lipinski definition) is 7. The van der Waals surface area contributed by atoms with Gasteiger partial charge in [-0.3, -0.25) is 14.8 Å². The number of carboxylic acid groups (broad SMARTS) is 2. The highest BCUT2D eigenvalue weighted by Gasteiger charge is 2.40. The van der Waals surface area contributed by atoms with Crippen molar-refractivity contribution in [3.05, 3.63) is 47.1 Å². The van der Waals surface area contributed by atoms with Crippen LogP contribution in [0.2, 0.25) is 0 Å². The predicted molar refractivity (Wildman–Crippen MR) is 115 cm³/mol. The molecule has 0 saturated carbocycles. The van der Waals surface area contributed by atoms with E-state index in [-0.39, 0.29) is 0 Å². The van der Waals surface area contributed by atoms with Crippen molar-refractivity contribution in [3.8, 4) is 0 Å². The van der Waals surface area contributed by atoms with Gasteiger partial charge in [-0.2, -0.15) is 26.3 Å². The first kappa shape index (κ1) is 30.0. The van der Waals surface area contributed by atoms with Crippen LogP contribution in [-0.2, 0) is 22.7 Å². The number of rotatable bonds is 4. The fourth-order valence-corrected chi connectivity index (χ4v) is 4.15. The molecule has 206 valence electrons. The summed E-state index contributed by atoms with van der Waals surface area (Å²) in [7, 11) is 0. The molecule has 2 atom stereocenters. The number of aryl methyl sites for hydroxylation is 2. The second-order valence-corrected chi connectivity index (χ2v) is 8.68. The Labute approximate surface area is 207 Å². The molecule has 0 amide bonds. The summed E-state index contributed by atoms with van der Waals surface area (Å²) < 4.78 is 68.8. The minimum absolute atomic E-state index is 0.798. The van der Waals surface area contributed by atoms with E-state index in [1.54, 1.807) is 0 Å². The highest BCUT2D eigenvalue weighted by molar-refractivity contribution is 5.73. The fraction of sp³-hybridized carbons (Fsp3) is 0.545. The number of carboxylic acids is 2. The lowest BCUT2D eigenvalue weighted by molar-refractivity contribution is -0.193. The summed E-state index contributed by atoms with van der Waals surface area (Å²) in [6.45, 7) is 10.9. The molecule has 9 nitrogen and oxygen atoms in total. The topological polar surface area (TPSA) is 120 Å². The fourth-order valence-electron chi connectivity index (χ4n) is 4.15. The molecular formula is C22H26F6N4O5. The smallest absolute Gasteiger partial charge is 0.475 e. The van der Waals surface area contributed by atoms with Crippen LogP contribution < -0.4 is 0 Å². The Balaban J connectivity index is 0.000000286. The lowest BCUT2D eigenvalue weighted by atomic mass is 10.0. The van der Waals surface area contributed by atoms with Crippen molar-refractivity contribution < 1.29 is 50.7 Å². The molecule has 2 fully saturated rings. The zero-order chi connectivity index (χ0) is 28.0. The van der Waals surface area contributed by atoms with Crippen molar-refractivity contribution in [2.45, 2.75) is 39.3 Å². The third kappa shape index (κ3) is 9.31. The minimum Gasteiger partial charge on any atom is -0.475 e. The standard InChI is InChI=1S/C18H24N4O.2C2HF3O2/c1-13-18(14(2)23-20-13)12-22-10-16-8-21(9-17(16)11-22)7-15-4-3-5-19-6-15;2*3-2(4,5)1(6)7/h3-6,16-17H,7-12H2,1-2H3;2*(H,6,7). The first-order valence-electron chi connectivity index (χ1n) is 10.9. The Bertz CT molecular complexity index is 987. The quantitative estimate of drug-likeness (QED) is 0.562. The van der Waals surface area contributed by atoms with Gasteiger partial charge in [0.05, 0.1) is 5.69 Å². The van der Waals surface area contributed by atoms with Crippen LogP contribution in [-0.4, -0.2) is 80.6 Å². The van der Waals surface area contributed by atoms with Crippen molar-refractivity contribution in [2.24, 2.45) is 11.8 Å². The molecule has 2 aromatic heterocycles. The molecule has 2 N–H and O–H groups in total. The van der Waals surface area contributed by atoms with E-state index in [1.165, 1.54) is 37.3 Å². The summed E-state index contributed by atoms with van der Waals surface area (Å²) >= 11 is 0. The van der Waals surface area contributed by atoms with Crippen LogP contribution in [0.25, 0.3) is 0 Å². The van der Waals surface area contributed by atoms with Gasteiger partial charge in [0, 0.05) is 57.2 Å². The Morgan fingerprint density at radius 2 is 1.41 bits per heavy atom. The molecule has 2 aliphatic heterocycles. The zero-order valence-electron chi connectivity index (χ0n) is 19.9. The second kappa shape index (κ2) is 12.4. The molecule has 2 aromatic rings. The van der Waals surface area contributed by atoms with Crippen LogP contribution in [0.5, 0.6) is 0 Å². The molecule has 2 saturated heterocycles. The van der Waals surface area contributed by atoms with Crippen LogP contribution in [0.4, 0.5) is 26.3 Å². The molecule has 0 radical (unpaired) electrons. The highest BCUT2D eigenvalue weighted by atomic mass is 19.4. The average Bonchev–Trinajstić information content (AvgIpc) is 3.43. The predicted octanol–water partition coefficient (Wildman–Crippen LogP) is 3.52. The second-order valence-electron chi connectivity index (χ2n) is 8.68. The molecule has 37 heavy (non-hydrogen) atoms. The van der Waals surface area contributed by atoms with Crippen LogP contribution in [0.1, 0.15) is 22.6 Å². The summed E-state index contributed by atoms with van der Waals surface area (Å²) in [5.74, 6) is -2.95. The summed E-state index contributed by atoms with van der Waals surface area (Å²) in [6, 6.07) is 4.20. The van der Waals surface area contributed by atoms with Crippen LogP contribution in [0.15, 0.2) is 29.0 Å². The number of halogens is 6. The van der Waals surface area contributed by atoms with Gasteiger partial charge in [0.2, 0.25) is 0 Å². The summed E-state index contributed by atoms with van der Waals surface area (Å²) in [5, 5.41) is 18.3. The molecule has 2 unspecified atom stereocenters. The van der Waals surface area contributed by atoms with E-state index in [9.17, 15) is 26.3 Å². The van der Waals surface area contributed by atoms with E-state index in [0.717, 1.165) is 36.4 Å². The molecular weight excluding hydrogens is 514 g/mol. The van der Waals surface area contributed by atoms with E-state index < -0.39 is 24.3 Å². The summed E-state index contributed by atoms with van der Waals surface area (Å²) in [4.78, 5) is 27.2. The van der Waals surface area contributed by atoms with Crippen molar-refractivity contribution in [1.29, 1.82) is 0 Å². The van der Waals surface area contributed by atoms with E-state index in [0.29, 0.717) is 0 Å². The van der Waals surface area contributed by atoms with Crippen LogP contribution >= 0.6 is 0 Å².